The Labute approximate surface area is 127 Å². The molecule has 0 saturated carbocycles. The maximum atomic E-state index is 12.1. The molecule has 108 valence electrons. The molecular formula is C16H13ClO4. The van der Waals surface area contributed by atoms with Crippen LogP contribution in [0.25, 0.3) is 6.08 Å². The molecule has 0 radical (unpaired) electrons. The third-order valence-corrected chi connectivity index (χ3v) is 2.97. The van der Waals surface area contributed by atoms with E-state index in [1.54, 1.807) is 36.4 Å². The Morgan fingerprint density at radius 3 is 2.57 bits per heavy atom. The van der Waals surface area contributed by atoms with E-state index in [2.05, 4.69) is 0 Å². The van der Waals surface area contributed by atoms with Crippen molar-refractivity contribution in [2.24, 2.45) is 0 Å². The summed E-state index contributed by atoms with van der Waals surface area (Å²) in [4.78, 5) is 23.7. The second-order valence-corrected chi connectivity index (χ2v) is 4.74. The van der Waals surface area contributed by atoms with Crippen molar-refractivity contribution >= 4 is 29.4 Å². The van der Waals surface area contributed by atoms with Gasteiger partial charge in [-0.05, 0) is 49.4 Å². The maximum absolute atomic E-state index is 12.1. The lowest BCUT2D eigenvalue weighted by Crippen LogP contribution is -2.23. The Morgan fingerprint density at radius 1 is 1.24 bits per heavy atom. The molecule has 1 aromatic heterocycles. The van der Waals surface area contributed by atoms with E-state index in [1.807, 2.05) is 0 Å². The summed E-state index contributed by atoms with van der Waals surface area (Å²) in [5, 5.41) is 0.539. The molecule has 1 atom stereocenters. The third-order valence-electron chi connectivity index (χ3n) is 2.72. The highest BCUT2D eigenvalue weighted by atomic mass is 35.5. The van der Waals surface area contributed by atoms with E-state index in [-0.39, 0.29) is 5.78 Å². The molecule has 4 nitrogen and oxygen atoms in total. The minimum absolute atomic E-state index is 0.286. The van der Waals surface area contributed by atoms with Gasteiger partial charge in [0.1, 0.15) is 5.76 Å². The van der Waals surface area contributed by atoms with Gasteiger partial charge in [0.05, 0.1) is 6.26 Å². The van der Waals surface area contributed by atoms with E-state index in [9.17, 15) is 9.59 Å². The lowest BCUT2D eigenvalue weighted by molar-refractivity contribution is -0.140. The molecule has 0 spiro atoms. The van der Waals surface area contributed by atoms with Gasteiger partial charge in [-0.15, -0.1) is 0 Å². The van der Waals surface area contributed by atoms with Crippen LogP contribution in [0.5, 0.6) is 0 Å². The number of Topliss-reactive ketones (excluding diaryl/α,β-unsaturated/α-hetero) is 1. The summed E-state index contributed by atoms with van der Waals surface area (Å²) in [5.74, 6) is -0.365. The highest BCUT2D eigenvalue weighted by Gasteiger charge is 2.18. The topological polar surface area (TPSA) is 56.5 Å². The second kappa shape index (κ2) is 6.90. The van der Waals surface area contributed by atoms with Crippen LogP contribution in [0.15, 0.2) is 53.2 Å². The van der Waals surface area contributed by atoms with Gasteiger partial charge in [-0.3, -0.25) is 4.79 Å². The lowest BCUT2D eigenvalue weighted by Gasteiger charge is -2.10. The minimum Gasteiger partial charge on any atom is -0.465 e. The highest BCUT2D eigenvalue weighted by Crippen LogP contribution is 2.12. The highest BCUT2D eigenvalue weighted by molar-refractivity contribution is 6.30. The summed E-state index contributed by atoms with van der Waals surface area (Å²) in [5.41, 5.74) is 0.440. The van der Waals surface area contributed by atoms with Crippen LogP contribution in [0.1, 0.15) is 23.0 Å². The summed E-state index contributed by atoms with van der Waals surface area (Å²) in [6.07, 6.45) is 3.31. The van der Waals surface area contributed by atoms with Crippen LogP contribution >= 0.6 is 11.6 Å². The number of benzene rings is 1. The summed E-state index contributed by atoms with van der Waals surface area (Å²) in [7, 11) is 0. The molecule has 1 heterocycles. The number of ether oxygens (including phenoxy) is 1. The first-order valence-corrected chi connectivity index (χ1v) is 6.66. The van der Waals surface area contributed by atoms with E-state index >= 15 is 0 Å². The van der Waals surface area contributed by atoms with E-state index in [1.165, 1.54) is 25.3 Å². The first-order valence-electron chi connectivity index (χ1n) is 6.28. The fourth-order valence-electron chi connectivity index (χ4n) is 1.65. The third kappa shape index (κ3) is 4.33. The number of ketones is 1. The first kappa shape index (κ1) is 15.1. The van der Waals surface area contributed by atoms with E-state index in [4.69, 9.17) is 20.8 Å². The number of rotatable bonds is 5. The molecule has 0 unspecified atom stereocenters. The average Bonchev–Trinajstić information content (AvgIpc) is 2.98. The molecule has 2 aromatic rings. The fourth-order valence-corrected chi connectivity index (χ4v) is 1.78. The maximum Gasteiger partial charge on any atom is 0.331 e. The Morgan fingerprint density at radius 2 is 1.95 bits per heavy atom. The number of carbonyl (C=O) groups is 2. The number of hydrogen-bond donors (Lipinski definition) is 0. The Kier molecular flexibility index (Phi) is 4.95. The summed E-state index contributed by atoms with van der Waals surface area (Å²) >= 11 is 5.76. The molecule has 5 heteroatoms. The van der Waals surface area contributed by atoms with Gasteiger partial charge in [-0.25, -0.2) is 4.79 Å². The van der Waals surface area contributed by atoms with Crippen LogP contribution < -0.4 is 0 Å². The van der Waals surface area contributed by atoms with Crippen molar-refractivity contribution in [2.75, 3.05) is 0 Å². The Bertz CT molecular complexity index is 641. The summed E-state index contributed by atoms with van der Waals surface area (Å²) in [6, 6.07) is 9.81. The summed E-state index contributed by atoms with van der Waals surface area (Å²) < 4.78 is 10.1. The molecule has 0 N–H and O–H groups in total. The molecular weight excluding hydrogens is 292 g/mol. The number of esters is 1. The number of hydrogen-bond acceptors (Lipinski definition) is 4. The van der Waals surface area contributed by atoms with Crippen LogP contribution in [-0.4, -0.2) is 17.9 Å². The van der Waals surface area contributed by atoms with Gasteiger partial charge in [0.25, 0.3) is 0 Å². The predicted octanol–water partition coefficient (Wildman–Crippen LogP) is 3.76. The van der Waals surface area contributed by atoms with Gasteiger partial charge in [0, 0.05) is 16.7 Å². The standard InChI is InChI=1S/C16H13ClO4/c1-11(16(19)12-4-6-13(17)7-5-12)21-15(18)9-8-14-3-2-10-20-14/h2-11H,1H3/b9-8+/t11-/m1/s1. The van der Waals surface area contributed by atoms with Crippen molar-refractivity contribution in [1.29, 1.82) is 0 Å². The molecule has 0 saturated heterocycles. The van der Waals surface area contributed by atoms with Crippen LogP contribution in [0.2, 0.25) is 5.02 Å². The van der Waals surface area contributed by atoms with Crippen molar-refractivity contribution in [2.45, 2.75) is 13.0 Å². The molecule has 0 aliphatic carbocycles. The van der Waals surface area contributed by atoms with Crippen LogP contribution in [-0.2, 0) is 9.53 Å². The van der Waals surface area contributed by atoms with Crippen molar-refractivity contribution in [3.63, 3.8) is 0 Å². The van der Waals surface area contributed by atoms with E-state index in [0.717, 1.165) is 0 Å². The van der Waals surface area contributed by atoms with Crippen molar-refractivity contribution in [3.05, 3.63) is 65.1 Å². The molecule has 21 heavy (non-hydrogen) atoms. The predicted molar refractivity (Wildman–Crippen MR) is 79.1 cm³/mol. The van der Waals surface area contributed by atoms with Gasteiger partial charge >= 0.3 is 5.97 Å². The quantitative estimate of drug-likeness (QED) is 0.479. The van der Waals surface area contributed by atoms with Crippen LogP contribution in [0.3, 0.4) is 0 Å². The normalized spacial score (nSPS) is 12.3. The zero-order chi connectivity index (χ0) is 15.2. The van der Waals surface area contributed by atoms with Crippen molar-refractivity contribution in [1.82, 2.24) is 0 Å². The molecule has 0 aliphatic rings. The Hall–Kier alpha value is -2.33. The smallest absolute Gasteiger partial charge is 0.331 e. The summed E-state index contributed by atoms with van der Waals surface area (Å²) in [6.45, 7) is 1.52. The largest absolute Gasteiger partial charge is 0.465 e. The molecule has 1 aromatic carbocycles. The first-order chi connectivity index (χ1) is 10.1. The average molecular weight is 305 g/mol. The fraction of sp³-hybridized carbons (Fsp3) is 0.125. The molecule has 2 rings (SSSR count). The van der Waals surface area contributed by atoms with Crippen molar-refractivity contribution < 1.29 is 18.7 Å². The number of halogens is 1. The second-order valence-electron chi connectivity index (χ2n) is 4.30. The SMILES string of the molecule is C[C@@H](OC(=O)/C=C/c1ccco1)C(=O)c1ccc(Cl)cc1. The Balaban J connectivity index is 1.94. The zero-order valence-electron chi connectivity index (χ0n) is 11.3. The van der Waals surface area contributed by atoms with Gasteiger partial charge < -0.3 is 9.15 Å². The van der Waals surface area contributed by atoms with E-state index < -0.39 is 12.1 Å². The number of carbonyl (C=O) groups excluding carboxylic acids is 2. The van der Waals surface area contributed by atoms with Gasteiger partial charge in [0.2, 0.25) is 5.78 Å². The number of furan rings is 1. The zero-order valence-corrected chi connectivity index (χ0v) is 12.0. The van der Waals surface area contributed by atoms with Gasteiger partial charge in [-0.2, -0.15) is 0 Å². The molecule has 0 amide bonds. The van der Waals surface area contributed by atoms with E-state index in [0.29, 0.717) is 16.3 Å². The van der Waals surface area contributed by atoms with Crippen LogP contribution in [0, 0.1) is 0 Å². The van der Waals surface area contributed by atoms with Gasteiger partial charge in [0.15, 0.2) is 6.10 Å². The van der Waals surface area contributed by atoms with Crippen LogP contribution in [0.4, 0.5) is 0 Å². The monoisotopic (exact) mass is 304 g/mol. The lowest BCUT2D eigenvalue weighted by atomic mass is 10.1. The molecule has 0 fully saturated rings. The molecule has 0 bridgehead atoms. The van der Waals surface area contributed by atoms with Crippen molar-refractivity contribution in [3.8, 4) is 0 Å². The molecule has 0 aliphatic heterocycles. The van der Waals surface area contributed by atoms with Gasteiger partial charge in [-0.1, -0.05) is 11.6 Å². The minimum atomic E-state index is -0.875.